The van der Waals surface area contributed by atoms with E-state index in [4.69, 9.17) is 5.73 Å². The smallest absolute Gasteiger partial charge is 0.234 e. The first-order chi connectivity index (χ1) is 8.73. The Hall–Kier alpha value is -1.35. The van der Waals surface area contributed by atoms with Gasteiger partial charge in [-0.05, 0) is 31.9 Å². The third-order valence-corrected chi connectivity index (χ3v) is 4.03. The summed E-state index contributed by atoms with van der Waals surface area (Å²) in [6.45, 7) is 3.18. The molecule has 0 atom stereocenters. The van der Waals surface area contributed by atoms with Crippen molar-refractivity contribution in [2.75, 3.05) is 18.0 Å². The van der Waals surface area contributed by atoms with Gasteiger partial charge in [0.1, 0.15) is 0 Å². The van der Waals surface area contributed by atoms with Gasteiger partial charge in [0, 0.05) is 18.8 Å². The molecule has 1 saturated carbocycles. The van der Waals surface area contributed by atoms with Crippen molar-refractivity contribution >= 4 is 11.6 Å². The SMILES string of the molecule is CCN(C(=O)C1(CN)CCCC1)c1ccccc1. The number of hydrogen-bond acceptors (Lipinski definition) is 2. The summed E-state index contributed by atoms with van der Waals surface area (Å²) in [6, 6.07) is 9.88. The van der Waals surface area contributed by atoms with E-state index in [0.29, 0.717) is 13.1 Å². The fourth-order valence-corrected chi connectivity index (χ4v) is 2.89. The molecule has 1 fully saturated rings. The second kappa shape index (κ2) is 5.53. The van der Waals surface area contributed by atoms with Crippen LogP contribution >= 0.6 is 0 Å². The van der Waals surface area contributed by atoms with Gasteiger partial charge in [-0.15, -0.1) is 0 Å². The molecule has 0 radical (unpaired) electrons. The third-order valence-electron chi connectivity index (χ3n) is 4.03. The fourth-order valence-electron chi connectivity index (χ4n) is 2.89. The number of nitrogens with zero attached hydrogens (tertiary/aromatic N) is 1. The minimum Gasteiger partial charge on any atom is -0.329 e. The first kappa shape index (κ1) is 13.1. The number of rotatable bonds is 4. The van der Waals surface area contributed by atoms with Crippen LogP contribution in [0.5, 0.6) is 0 Å². The second-order valence-corrected chi connectivity index (χ2v) is 5.08. The highest BCUT2D eigenvalue weighted by atomic mass is 16.2. The Bertz CT molecular complexity index is 396. The maximum absolute atomic E-state index is 12.8. The number of amides is 1. The van der Waals surface area contributed by atoms with Crippen LogP contribution in [-0.4, -0.2) is 19.0 Å². The Labute approximate surface area is 109 Å². The number of benzene rings is 1. The van der Waals surface area contributed by atoms with Gasteiger partial charge in [0.25, 0.3) is 0 Å². The van der Waals surface area contributed by atoms with Gasteiger partial charge in [0.15, 0.2) is 0 Å². The van der Waals surface area contributed by atoms with Crippen LogP contribution in [-0.2, 0) is 4.79 Å². The molecule has 3 heteroatoms. The number of carbonyl (C=O) groups excluding carboxylic acids is 1. The molecule has 0 unspecified atom stereocenters. The van der Waals surface area contributed by atoms with Crippen LogP contribution < -0.4 is 10.6 Å². The molecular formula is C15H22N2O. The van der Waals surface area contributed by atoms with Crippen molar-refractivity contribution in [1.29, 1.82) is 0 Å². The van der Waals surface area contributed by atoms with E-state index in [0.717, 1.165) is 31.4 Å². The number of para-hydroxylation sites is 1. The largest absolute Gasteiger partial charge is 0.329 e. The van der Waals surface area contributed by atoms with Gasteiger partial charge < -0.3 is 10.6 Å². The minimum absolute atomic E-state index is 0.205. The Balaban J connectivity index is 2.25. The Morgan fingerprint density at radius 3 is 2.39 bits per heavy atom. The molecule has 0 aromatic heterocycles. The molecule has 2 rings (SSSR count). The molecule has 1 aliphatic carbocycles. The zero-order valence-electron chi connectivity index (χ0n) is 11.1. The van der Waals surface area contributed by atoms with Crippen LogP contribution in [0.4, 0.5) is 5.69 Å². The fraction of sp³-hybridized carbons (Fsp3) is 0.533. The highest BCUT2D eigenvalue weighted by molar-refractivity contribution is 5.97. The van der Waals surface area contributed by atoms with Crippen LogP contribution in [0, 0.1) is 5.41 Å². The summed E-state index contributed by atoms with van der Waals surface area (Å²) in [5.74, 6) is 0.205. The molecule has 2 N–H and O–H groups in total. The van der Waals surface area contributed by atoms with Crippen molar-refractivity contribution in [1.82, 2.24) is 0 Å². The summed E-state index contributed by atoms with van der Waals surface area (Å²) in [6.07, 6.45) is 4.11. The van der Waals surface area contributed by atoms with Crippen LogP contribution in [0.25, 0.3) is 0 Å². The molecule has 1 aromatic carbocycles. The maximum atomic E-state index is 12.8. The molecule has 0 bridgehead atoms. The van der Waals surface area contributed by atoms with E-state index in [-0.39, 0.29) is 11.3 Å². The molecule has 0 aliphatic heterocycles. The summed E-state index contributed by atoms with van der Waals surface area (Å²) in [7, 11) is 0. The molecule has 0 saturated heterocycles. The number of carbonyl (C=O) groups is 1. The van der Waals surface area contributed by atoms with E-state index >= 15 is 0 Å². The Morgan fingerprint density at radius 1 is 1.28 bits per heavy atom. The molecule has 18 heavy (non-hydrogen) atoms. The quantitative estimate of drug-likeness (QED) is 0.887. The predicted octanol–water partition coefficient (Wildman–Crippen LogP) is 2.56. The van der Waals surface area contributed by atoms with Crippen molar-refractivity contribution in [2.45, 2.75) is 32.6 Å². The van der Waals surface area contributed by atoms with E-state index in [9.17, 15) is 4.79 Å². The van der Waals surface area contributed by atoms with E-state index in [2.05, 4.69) is 0 Å². The third kappa shape index (κ3) is 2.27. The van der Waals surface area contributed by atoms with E-state index in [1.165, 1.54) is 0 Å². The standard InChI is InChI=1S/C15H22N2O/c1-2-17(13-8-4-3-5-9-13)14(18)15(12-16)10-6-7-11-15/h3-5,8-9H,2,6-7,10-12,16H2,1H3. The molecule has 1 aliphatic rings. The zero-order valence-corrected chi connectivity index (χ0v) is 11.1. The van der Waals surface area contributed by atoms with Crippen LogP contribution in [0.2, 0.25) is 0 Å². The molecular weight excluding hydrogens is 224 g/mol. The monoisotopic (exact) mass is 246 g/mol. The molecule has 0 spiro atoms. The predicted molar refractivity (Wildman–Crippen MR) is 74.4 cm³/mol. The van der Waals surface area contributed by atoms with Crippen LogP contribution in [0.15, 0.2) is 30.3 Å². The zero-order chi connectivity index (χ0) is 13.0. The van der Waals surface area contributed by atoms with Gasteiger partial charge in [-0.25, -0.2) is 0 Å². The van der Waals surface area contributed by atoms with Gasteiger partial charge in [0.2, 0.25) is 5.91 Å². The normalized spacial score (nSPS) is 17.7. The first-order valence-electron chi connectivity index (χ1n) is 6.80. The van der Waals surface area contributed by atoms with Crippen molar-refractivity contribution in [3.8, 4) is 0 Å². The Kier molecular flexibility index (Phi) is 4.02. The van der Waals surface area contributed by atoms with Gasteiger partial charge >= 0.3 is 0 Å². The molecule has 98 valence electrons. The van der Waals surface area contributed by atoms with E-state index in [1.807, 2.05) is 42.2 Å². The lowest BCUT2D eigenvalue weighted by Gasteiger charge is -2.33. The van der Waals surface area contributed by atoms with Gasteiger partial charge in [-0.1, -0.05) is 31.0 Å². The minimum atomic E-state index is -0.314. The first-order valence-corrected chi connectivity index (χ1v) is 6.80. The summed E-state index contributed by atoms with van der Waals surface area (Å²) >= 11 is 0. The lowest BCUT2D eigenvalue weighted by atomic mass is 9.84. The Morgan fingerprint density at radius 2 is 1.89 bits per heavy atom. The molecule has 3 nitrogen and oxygen atoms in total. The van der Waals surface area contributed by atoms with Crippen molar-refractivity contribution in [2.24, 2.45) is 11.1 Å². The van der Waals surface area contributed by atoms with Crippen molar-refractivity contribution < 1.29 is 4.79 Å². The highest BCUT2D eigenvalue weighted by Crippen LogP contribution is 2.39. The summed E-state index contributed by atoms with van der Waals surface area (Å²) in [5, 5.41) is 0. The van der Waals surface area contributed by atoms with Gasteiger partial charge in [-0.2, -0.15) is 0 Å². The highest BCUT2D eigenvalue weighted by Gasteiger charge is 2.42. The topological polar surface area (TPSA) is 46.3 Å². The molecule has 1 amide bonds. The lowest BCUT2D eigenvalue weighted by Crippen LogP contribution is -2.46. The van der Waals surface area contributed by atoms with Crippen LogP contribution in [0.3, 0.4) is 0 Å². The number of anilines is 1. The second-order valence-electron chi connectivity index (χ2n) is 5.08. The van der Waals surface area contributed by atoms with Crippen molar-refractivity contribution in [3.63, 3.8) is 0 Å². The number of nitrogens with two attached hydrogens (primary N) is 1. The van der Waals surface area contributed by atoms with Crippen LogP contribution in [0.1, 0.15) is 32.6 Å². The average Bonchev–Trinajstić information content (AvgIpc) is 2.91. The van der Waals surface area contributed by atoms with Gasteiger partial charge in [0.05, 0.1) is 5.41 Å². The summed E-state index contributed by atoms with van der Waals surface area (Å²) in [4.78, 5) is 14.6. The van der Waals surface area contributed by atoms with E-state index in [1.54, 1.807) is 0 Å². The molecule has 1 aromatic rings. The van der Waals surface area contributed by atoms with Crippen molar-refractivity contribution in [3.05, 3.63) is 30.3 Å². The number of hydrogen-bond donors (Lipinski definition) is 1. The lowest BCUT2D eigenvalue weighted by molar-refractivity contribution is -0.127. The average molecular weight is 246 g/mol. The molecule has 0 heterocycles. The summed E-state index contributed by atoms with van der Waals surface area (Å²) in [5.41, 5.74) is 6.56. The van der Waals surface area contributed by atoms with E-state index < -0.39 is 0 Å². The maximum Gasteiger partial charge on any atom is 0.234 e. The summed E-state index contributed by atoms with van der Waals surface area (Å²) < 4.78 is 0. The van der Waals surface area contributed by atoms with Gasteiger partial charge in [-0.3, -0.25) is 4.79 Å².